The normalized spacial score (nSPS) is 18.5. The lowest BCUT2D eigenvalue weighted by Crippen LogP contribution is -2.33. The summed E-state index contributed by atoms with van der Waals surface area (Å²) in [7, 11) is -1.19. The zero-order valence-corrected chi connectivity index (χ0v) is 16.0. The maximum Gasteiger partial charge on any atom is 0.276 e. The highest BCUT2D eigenvalue weighted by atomic mass is 35.5. The highest BCUT2D eigenvalue weighted by Gasteiger charge is 2.31. The molecule has 26 heavy (non-hydrogen) atoms. The second kappa shape index (κ2) is 7.20. The molecule has 1 aromatic heterocycles. The molecule has 2 heterocycles. The molecule has 0 radical (unpaired) electrons. The summed E-state index contributed by atoms with van der Waals surface area (Å²) in [6.07, 6.45) is 0.568. The molecule has 0 spiro atoms. The Morgan fingerprint density at radius 3 is 2.62 bits per heavy atom. The molecule has 1 aromatic carbocycles. The molecule has 1 aliphatic rings. The molecule has 1 fully saturated rings. The first kappa shape index (κ1) is 18.6. The fraction of sp³-hybridized carbons (Fsp3) is 0.353. The van der Waals surface area contributed by atoms with Gasteiger partial charge >= 0.3 is 0 Å². The summed E-state index contributed by atoms with van der Waals surface area (Å²) in [6, 6.07) is 8.31. The number of nitrogens with zero attached hydrogens (tertiary/aromatic N) is 3. The first-order chi connectivity index (χ1) is 12.2. The lowest BCUT2D eigenvalue weighted by molar-refractivity contribution is 0.102. The smallest absolute Gasteiger partial charge is 0.276 e. The van der Waals surface area contributed by atoms with Crippen molar-refractivity contribution in [2.45, 2.75) is 19.4 Å². The molecule has 0 saturated carbocycles. The van der Waals surface area contributed by atoms with Gasteiger partial charge in [0.15, 0.2) is 21.3 Å². The Kier molecular flexibility index (Phi) is 5.15. The van der Waals surface area contributed by atoms with E-state index in [0.29, 0.717) is 22.9 Å². The van der Waals surface area contributed by atoms with Gasteiger partial charge in [0.05, 0.1) is 11.5 Å². The van der Waals surface area contributed by atoms with E-state index in [2.05, 4.69) is 15.5 Å². The van der Waals surface area contributed by atoms with Gasteiger partial charge in [-0.25, -0.2) is 8.42 Å². The quantitative estimate of drug-likeness (QED) is 0.855. The van der Waals surface area contributed by atoms with Crippen molar-refractivity contribution in [2.24, 2.45) is 0 Å². The van der Waals surface area contributed by atoms with Crippen molar-refractivity contribution in [3.05, 3.63) is 46.6 Å². The topological polar surface area (TPSA) is 92.3 Å². The van der Waals surface area contributed by atoms with Crippen molar-refractivity contribution < 1.29 is 13.2 Å². The van der Waals surface area contributed by atoms with E-state index < -0.39 is 9.84 Å². The first-order valence-corrected chi connectivity index (χ1v) is 10.3. The number of carbonyl (C=O) groups is 1. The van der Waals surface area contributed by atoms with Gasteiger partial charge in [0.25, 0.3) is 5.91 Å². The average Bonchev–Trinajstić information content (AvgIpc) is 2.97. The van der Waals surface area contributed by atoms with Crippen LogP contribution in [0.3, 0.4) is 0 Å². The van der Waals surface area contributed by atoms with Crippen LogP contribution < -0.4 is 10.2 Å². The number of aromatic nitrogens is 2. The molecule has 0 aliphatic carbocycles. The molecule has 1 saturated heterocycles. The number of benzene rings is 1. The van der Waals surface area contributed by atoms with Crippen LogP contribution in [0.25, 0.3) is 0 Å². The molecule has 1 amide bonds. The molecule has 2 aromatic rings. The van der Waals surface area contributed by atoms with Gasteiger partial charge in [-0.15, -0.1) is 10.2 Å². The van der Waals surface area contributed by atoms with Crippen LogP contribution in [-0.4, -0.2) is 49.1 Å². The number of amides is 1. The Balaban J connectivity index is 1.70. The van der Waals surface area contributed by atoms with Gasteiger partial charge in [0, 0.05) is 23.8 Å². The average molecular weight is 395 g/mol. The third-order valence-corrected chi connectivity index (χ3v) is 6.42. The first-order valence-electron chi connectivity index (χ1n) is 8.10. The van der Waals surface area contributed by atoms with Crippen LogP contribution in [0.15, 0.2) is 30.3 Å². The van der Waals surface area contributed by atoms with Gasteiger partial charge in [0.1, 0.15) is 0 Å². The Morgan fingerprint density at radius 2 is 2.04 bits per heavy atom. The maximum absolute atomic E-state index is 12.3. The van der Waals surface area contributed by atoms with Crippen LogP contribution in [0.5, 0.6) is 0 Å². The zero-order chi connectivity index (χ0) is 18.9. The van der Waals surface area contributed by atoms with Crippen molar-refractivity contribution >= 4 is 38.9 Å². The molecule has 1 atom stereocenters. The molecule has 9 heteroatoms. The molecule has 138 valence electrons. The fourth-order valence-corrected chi connectivity index (χ4v) is 4.86. The van der Waals surface area contributed by atoms with E-state index in [1.54, 1.807) is 42.3 Å². The van der Waals surface area contributed by atoms with Crippen molar-refractivity contribution in [3.63, 3.8) is 0 Å². The Morgan fingerprint density at radius 1 is 1.27 bits per heavy atom. The number of nitrogens with one attached hydrogen (secondary N) is 1. The van der Waals surface area contributed by atoms with Gasteiger partial charge in [-0.2, -0.15) is 0 Å². The lowest BCUT2D eigenvalue weighted by atomic mass is 10.2. The van der Waals surface area contributed by atoms with Crippen molar-refractivity contribution in [1.82, 2.24) is 10.2 Å². The van der Waals surface area contributed by atoms with Crippen molar-refractivity contribution in [1.29, 1.82) is 0 Å². The second-order valence-corrected chi connectivity index (χ2v) is 9.02. The molecule has 1 unspecified atom stereocenters. The van der Waals surface area contributed by atoms with E-state index in [0.717, 1.165) is 5.56 Å². The van der Waals surface area contributed by atoms with Crippen LogP contribution >= 0.6 is 11.6 Å². The minimum Gasteiger partial charge on any atom is -0.354 e. The summed E-state index contributed by atoms with van der Waals surface area (Å²) in [5.41, 5.74) is 1.67. The number of rotatable bonds is 4. The number of hydrogen-bond acceptors (Lipinski definition) is 6. The third kappa shape index (κ3) is 4.13. The highest BCUT2D eigenvalue weighted by molar-refractivity contribution is 7.91. The highest BCUT2D eigenvalue weighted by Crippen LogP contribution is 2.22. The third-order valence-electron chi connectivity index (χ3n) is 4.44. The summed E-state index contributed by atoms with van der Waals surface area (Å²) in [4.78, 5) is 14.1. The number of hydrogen-bond donors (Lipinski definition) is 1. The largest absolute Gasteiger partial charge is 0.354 e. The summed E-state index contributed by atoms with van der Waals surface area (Å²) >= 11 is 5.91. The van der Waals surface area contributed by atoms with Gasteiger partial charge in [0.2, 0.25) is 0 Å². The van der Waals surface area contributed by atoms with Crippen LogP contribution in [0.2, 0.25) is 5.02 Å². The molecule has 0 bridgehead atoms. The predicted octanol–water partition coefficient (Wildman–Crippen LogP) is 2.31. The fourth-order valence-electron chi connectivity index (χ4n) is 2.86. The predicted molar refractivity (Wildman–Crippen MR) is 102 cm³/mol. The van der Waals surface area contributed by atoms with E-state index >= 15 is 0 Å². The molecular formula is C17H19ClN4O3S. The summed E-state index contributed by atoms with van der Waals surface area (Å²) in [5, 5.41) is 11.4. The van der Waals surface area contributed by atoms with E-state index in [1.807, 2.05) is 6.92 Å². The van der Waals surface area contributed by atoms with Crippen LogP contribution in [0.1, 0.15) is 22.5 Å². The number of carbonyl (C=O) groups excluding carboxylic acids is 1. The number of anilines is 2. The van der Waals surface area contributed by atoms with Gasteiger partial charge < -0.3 is 10.2 Å². The van der Waals surface area contributed by atoms with Crippen LogP contribution in [-0.2, 0) is 9.84 Å². The molecule has 1 N–H and O–H groups in total. The Bertz CT molecular complexity index is 932. The number of sulfone groups is 1. The summed E-state index contributed by atoms with van der Waals surface area (Å²) in [6.45, 7) is 1.85. The van der Waals surface area contributed by atoms with Crippen molar-refractivity contribution in [2.75, 3.05) is 28.8 Å². The Labute approximate surface area is 157 Å². The summed E-state index contributed by atoms with van der Waals surface area (Å²) < 4.78 is 23.2. The minimum absolute atomic E-state index is 0.114. The molecule has 7 nitrogen and oxygen atoms in total. The second-order valence-electron chi connectivity index (χ2n) is 6.36. The van der Waals surface area contributed by atoms with Crippen molar-refractivity contribution in [3.8, 4) is 0 Å². The Hall–Kier alpha value is -2.19. The zero-order valence-electron chi connectivity index (χ0n) is 14.4. The molecule has 1 aliphatic heterocycles. The van der Waals surface area contributed by atoms with Gasteiger partial charge in [-0.3, -0.25) is 4.79 Å². The van der Waals surface area contributed by atoms with Crippen LogP contribution in [0, 0.1) is 6.92 Å². The monoisotopic (exact) mass is 394 g/mol. The van der Waals surface area contributed by atoms with Crippen LogP contribution in [0.4, 0.5) is 11.5 Å². The van der Waals surface area contributed by atoms with E-state index in [1.165, 1.54) is 0 Å². The SMILES string of the molecule is Cc1cc(Cl)ccc1NC(=O)c1ccc(N(C)C2CCS(=O)(=O)C2)nn1. The molecular weight excluding hydrogens is 376 g/mol. The van der Waals surface area contributed by atoms with Gasteiger partial charge in [-0.1, -0.05) is 11.6 Å². The molecule has 3 rings (SSSR count). The number of aryl methyl sites for hydroxylation is 1. The van der Waals surface area contributed by atoms with Gasteiger partial charge in [-0.05, 0) is 49.2 Å². The number of halogens is 1. The van der Waals surface area contributed by atoms with E-state index in [4.69, 9.17) is 11.6 Å². The maximum atomic E-state index is 12.3. The van der Waals surface area contributed by atoms with E-state index in [-0.39, 0.29) is 29.1 Å². The standard InChI is InChI=1S/C17H19ClN4O3S/c1-11-9-12(18)3-4-14(11)19-17(23)15-5-6-16(21-20-15)22(2)13-7-8-26(24,25)10-13/h3-6,9,13H,7-8,10H2,1-2H3,(H,19,23). The van der Waals surface area contributed by atoms with E-state index in [9.17, 15) is 13.2 Å². The summed E-state index contributed by atoms with van der Waals surface area (Å²) in [5.74, 6) is 0.464. The minimum atomic E-state index is -2.98. The lowest BCUT2D eigenvalue weighted by Gasteiger charge is -2.23.